The van der Waals surface area contributed by atoms with Gasteiger partial charge < -0.3 is 20.3 Å². The first-order valence-corrected chi connectivity index (χ1v) is 27.9. The van der Waals surface area contributed by atoms with Crippen molar-refractivity contribution in [2.75, 3.05) is 13.2 Å². The Bertz CT molecular complexity index is 1080. The second kappa shape index (κ2) is 53.4. The SMILES string of the molecule is CCCC/C=C\C/C=C\CCCCCCCC(=O)OCCCCC/C=C\C=C/CCCCCCCCCCCCC(=O)NC(CO)C(O)CCCCCCCCCCCCCCCC. The van der Waals surface area contributed by atoms with Gasteiger partial charge in [0.05, 0.1) is 25.4 Å². The Morgan fingerprint density at radius 2 is 0.844 bits per heavy atom. The number of rotatable bonds is 51. The summed E-state index contributed by atoms with van der Waals surface area (Å²) in [6.07, 6.45) is 66.6. The van der Waals surface area contributed by atoms with Crippen LogP contribution in [0.3, 0.4) is 0 Å². The number of hydrogen-bond acceptors (Lipinski definition) is 5. The van der Waals surface area contributed by atoms with E-state index in [9.17, 15) is 19.8 Å². The van der Waals surface area contributed by atoms with Crippen molar-refractivity contribution in [2.45, 2.75) is 296 Å². The van der Waals surface area contributed by atoms with Crippen LogP contribution in [0.5, 0.6) is 0 Å². The number of allylic oxidation sites excluding steroid dienone is 8. The topological polar surface area (TPSA) is 95.9 Å². The summed E-state index contributed by atoms with van der Waals surface area (Å²) < 4.78 is 5.44. The molecule has 0 rings (SSSR count). The summed E-state index contributed by atoms with van der Waals surface area (Å²) in [5.41, 5.74) is 0. The maximum absolute atomic E-state index is 12.5. The molecule has 0 aliphatic rings. The number of aliphatic hydroxyl groups excluding tert-OH is 2. The van der Waals surface area contributed by atoms with E-state index in [4.69, 9.17) is 4.74 Å². The van der Waals surface area contributed by atoms with E-state index < -0.39 is 12.1 Å². The highest BCUT2D eigenvalue weighted by Gasteiger charge is 2.20. The van der Waals surface area contributed by atoms with Crippen molar-refractivity contribution >= 4 is 11.9 Å². The van der Waals surface area contributed by atoms with Crippen LogP contribution in [0.4, 0.5) is 0 Å². The van der Waals surface area contributed by atoms with Crippen molar-refractivity contribution in [1.82, 2.24) is 5.32 Å². The van der Waals surface area contributed by atoms with Gasteiger partial charge in [-0.05, 0) is 83.5 Å². The highest BCUT2D eigenvalue weighted by atomic mass is 16.5. The zero-order chi connectivity index (χ0) is 46.5. The number of unbranched alkanes of at least 4 members (excludes halogenated alkanes) is 33. The molecule has 64 heavy (non-hydrogen) atoms. The lowest BCUT2D eigenvalue weighted by Crippen LogP contribution is -2.45. The third-order valence-corrected chi connectivity index (χ3v) is 12.6. The molecule has 1 amide bonds. The minimum atomic E-state index is -0.671. The van der Waals surface area contributed by atoms with Crippen LogP contribution in [0, 0.1) is 0 Å². The van der Waals surface area contributed by atoms with Crippen LogP contribution in [0.25, 0.3) is 0 Å². The molecule has 0 bridgehead atoms. The molecule has 6 heteroatoms. The van der Waals surface area contributed by atoms with Gasteiger partial charge >= 0.3 is 5.97 Å². The van der Waals surface area contributed by atoms with E-state index in [0.717, 1.165) is 83.5 Å². The highest BCUT2D eigenvalue weighted by molar-refractivity contribution is 5.76. The van der Waals surface area contributed by atoms with Crippen LogP contribution in [-0.2, 0) is 14.3 Å². The van der Waals surface area contributed by atoms with E-state index in [2.05, 4.69) is 67.8 Å². The predicted octanol–water partition coefficient (Wildman–Crippen LogP) is 17.0. The normalized spacial score (nSPS) is 13.0. The van der Waals surface area contributed by atoms with Crippen molar-refractivity contribution in [3.8, 4) is 0 Å². The Kier molecular flexibility index (Phi) is 51.6. The summed E-state index contributed by atoms with van der Waals surface area (Å²) in [5.74, 6) is -0.0741. The van der Waals surface area contributed by atoms with Crippen LogP contribution in [0.2, 0.25) is 0 Å². The number of esters is 1. The van der Waals surface area contributed by atoms with E-state index in [0.29, 0.717) is 25.9 Å². The maximum atomic E-state index is 12.5. The molecule has 0 aliphatic heterocycles. The molecule has 2 atom stereocenters. The fraction of sp³-hybridized carbons (Fsp3) is 0.828. The van der Waals surface area contributed by atoms with E-state index in [1.807, 2.05) is 0 Å². The van der Waals surface area contributed by atoms with Gasteiger partial charge in [0.2, 0.25) is 5.91 Å². The van der Waals surface area contributed by atoms with Crippen LogP contribution >= 0.6 is 0 Å². The second-order valence-corrected chi connectivity index (χ2v) is 18.9. The first kappa shape index (κ1) is 61.8. The Morgan fingerprint density at radius 3 is 1.33 bits per heavy atom. The van der Waals surface area contributed by atoms with Gasteiger partial charge in [-0.2, -0.15) is 0 Å². The average molecular weight is 898 g/mol. The lowest BCUT2D eigenvalue weighted by Gasteiger charge is -2.22. The molecule has 0 fully saturated rings. The number of amides is 1. The summed E-state index contributed by atoms with van der Waals surface area (Å²) in [4.78, 5) is 24.5. The maximum Gasteiger partial charge on any atom is 0.305 e. The standard InChI is InChI=1S/C58H107NO5/c1-3-5-7-9-11-13-15-17-26-30-34-38-42-46-50-56(61)55(54-60)59-57(62)51-47-43-39-35-31-27-24-22-20-19-21-23-25-29-33-37-41-45-49-53-64-58(63)52-48-44-40-36-32-28-18-16-14-12-10-8-6-4-2/h10,12,16,18,23,25,29,33,55-56,60-61H,3-9,11,13-15,17,19-22,24,26-28,30-32,34-54H2,1-2H3,(H,59,62)/b12-10-,18-16-,25-23-,33-29-. The van der Waals surface area contributed by atoms with E-state index >= 15 is 0 Å². The van der Waals surface area contributed by atoms with Gasteiger partial charge in [0, 0.05) is 12.8 Å². The first-order valence-electron chi connectivity index (χ1n) is 27.9. The average Bonchev–Trinajstić information content (AvgIpc) is 3.29. The molecule has 0 aromatic heterocycles. The van der Waals surface area contributed by atoms with Crippen molar-refractivity contribution in [3.63, 3.8) is 0 Å². The molecule has 0 aliphatic carbocycles. The minimum Gasteiger partial charge on any atom is -0.466 e. The zero-order valence-electron chi connectivity index (χ0n) is 42.5. The molecular formula is C58H107NO5. The number of carbonyl (C=O) groups is 2. The van der Waals surface area contributed by atoms with Gasteiger partial charge in [-0.1, -0.05) is 236 Å². The molecule has 6 nitrogen and oxygen atoms in total. The summed E-state index contributed by atoms with van der Waals surface area (Å²) in [5, 5.41) is 23.2. The van der Waals surface area contributed by atoms with Gasteiger partial charge in [0.15, 0.2) is 0 Å². The van der Waals surface area contributed by atoms with Crippen LogP contribution in [0.15, 0.2) is 48.6 Å². The molecular weight excluding hydrogens is 791 g/mol. The van der Waals surface area contributed by atoms with Crippen LogP contribution < -0.4 is 5.32 Å². The lowest BCUT2D eigenvalue weighted by atomic mass is 10.0. The Morgan fingerprint density at radius 1 is 0.453 bits per heavy atom. The molecule has 3 N–H and O–H groups in total. The van der Waals surface area contributed by atoms with Gasteiger partial charge in [-0.15, -0.1) is 0 Å². The predicted molar refractivity (Wildman–Crippen MR) is 278 cm³/mol. The molecule has 2 unspecified atom stereocenters. The second-order valence-electron chi connectivity index (χ2n) is 18.9. The Hall–Kier alpha value is -2.18. The Labute approximate surface area is 397 Å². The van der Waals surface area contributed by atoms with Crippen LogP contribution in [-0.4, -0.2) is 47.4 Å². The van der Waals surface area contributed by atoms with Crippen molar-refractivity contribution in [1.29, 1.82) is 0 Å². The number of aliphatic hydroxyl groups is 2. The van der Waals surface area contributed by atoms with Crippen molar-refractivity contribution in [3.05, 3.63) is 48.6 Å². The van der Waals surface area contributed by atoms with Gasteiger partial charge in [-0.25, -0.2) is 0 Å². The molecule has 374 valence electrons. The molecule has 0 spiro atoms. The quantitative estimate of drug-likeness (QED) is 0.0245. The lowest BCUT2D eigenvalue weighted by molar-refractivity contribution is -0.143. The largest absolute Gasteiger partial charge is 0.466 e. The summed E-state index contributed by atoms with van der Waals surface area (Å²) >= 11 is 0. The first-order chi connectivity index (χ1) is 31.5. The molecule has 0 aromatic rings. The van der Waals surface area contributed by atoms with Crippen molar-refractivity contribution < 1.29 is 24.5 Å². The number of hydrogen-bond donors (Lipinski definition) is 3. The van der Waals surface area contributed by atoms with E-state index in [1.165, 1.54) is 167 Å². The van der Waals surface area contributed by atoms with Gasteiger partial charge in [0.25, 0.3) is 0 Å². The van der Waals surface area contributed by atoms with E-state index in [1.54, 1.807) is 0 Å². The molecule has 0 heterocycles. The number of carbonyl (C=O) groups excluding carboxylic acids is 2. The smallest absolute Gasteiger partial charge is 0.305 e. The fourth-order valence-electron chi connectivity index (χ4n) is 8.29. The fourth-order valence-corrected chi connectivity index (χ4v) is 8.29. The van der Waals surface area contributed by atoms with Crippen molar-refractivity contribution in [2.24, 2.45) is 0 Å². The summed E-state index contributed by atoms with van der Waals surface area (Å²) in [7, 11) is 0. The highest BCUT2D eigenvalue weighted by Crippen LogP contribution is 2.16. The number of nitrogens with one attached hydrogen (secondary N) is 1. The third kappa shape index (κ3) is 49.3. The minimum absolute atomic E-state index is 0.0285. The molecule has 0 radical (unpaired) electrons. The number of ether oxygens (including phenoxy) is 1. The van der Waals surface area contributed by atoms with Gasteiger partial charge in [0.1, 0.15) is 0 Å². The molecule has 0 aromatic carbocycles. The summed E-state index contributed by atoms with van der Waals surface area (Å²) in [6, 6.07) is -0.550. The Balaban J connectivity index is 3.49. The molecule has 0 saturated carbocycles. The summed E-state index contributed by atoms with van der Waals surface area (Å²) in [6.45, 7) is 4.86. The van der Waals surface area contributed by atoms with Gasteiger partial charge in [-0.3, -0.25) is 9.59 Å². The van der Waals surface area contributed by atoms with Crippen LogP contribution in [0.1, 0.15) is 284 Å². The van der Waals surface area contributed by atoms with E-state index in [-0.39, 0.29) is 18.5 Å². The zero-order valence-corrected chi connectivity index (χ0v) is 42.5. The monoisotopic (exact) mass is 898 g/mol. The molecule has 0 saturated heterocycles. The third-order valence-electron chi connectivity index (χ3n) is 12.6.